The molecule has 1 aromatic carbocycles. The molecule has 0 unspecified atom stereocenters. The van der Waals surface area contributed by atoms with Gasteiger partial charge in [-0.25, -0.2) is 0 Å². The number of carbonyl (C=O) groups excluding carboxylic acids is 2. The topological polar surface area (TPSA) is 79.2 Å². The lowest BCUT2D eigenvalue weighted by Gasteiger charge is -2.24. The third kappa shape index (κ3) is 3.71. The molecule has 0 aliphatic carbocycles. The molecule has 1 atom stereocenters. The minimum atomic E-state index is -4.50. The summed E-state index contributed by atoms with van der Waals surface area (Å²) in [5, 5.41) is 9.83. The maximum absolute atomic E-state index is 12.6. The number of ether oxygens (including phenoxy) is 1. The van der Waals surface area contributed by atoms with Crippen LogP contribution >= 0.6 is 11.8 Å². The maximum Gasteiger partial charge on any atom is 0.416 e. The lowest BCUT2D eigenvalue weighted by atomic mass is 10.1. The molecule has 0 fully saturated rings. The van der Waals surface area contributed by atoms with Crippen molar-refractivity contribution in [3.8, 4) is 6.07 Å². The van der Waals surface area contributed by atoms with Crippen molar-refractivity contribution in [1.82, 2.24) is 0 Å². The largest absolute Gasteiger partial charge is 0.450 e. The standard InChI is InChI=1S/C13H9F3N2O3S/c14-13(15,16)7-1-2-9-8(5-7)18-12(20)10(22-9)6-11(19)21-4-3-17/h1-2,5,10H,4,6H2,(H,18,20)/t10-/m1/s1. The molecule has 9 heteroatoms. The molecule has 1 aliphatic rings. The van der Waals surface area contributed by atoms with E-state index in [1.165, 1.54) is 6.07 Å². The van der Waals surface area contributed by atoms with Gasteiger partial charge in [0.05, 0.1) is 22.9 Å². The van der Waals surface area contributed by atoms with Crippen LogP contribution in [0.4, 0.5) is 18.9 Å². The van der Waals surface area contributed by atoms with Gasteiger partial charge in [0.15, 0.2) is 6.61 Å². The van der Waals surface area contributed by atoms with E-state index in [0.717, 1.165) is 23.9 Å². The number of anilines is 1. The van der Waals surface area contributed by atoms with Crippen LogP contribution in [0, 0.1) is 11.3 Å². The number of benzene rings is 1. The van der Waals surface area contributed by atoms with Gasteiger partial charge < -0.3 is 10.1 Å². The van der Waals surface area contributed by atoms with Gasteiger partial charge in [-0.15, -0.1) is 11.8 Å². The summed E-state index contributed by atoms with van der Waals surface area (Å²) in [6, 6.07) is 4.63. The van der Waals surface area contributed by atoms with Gasteiger partial charge in [0.1, 0.15) is 6.07 Å². The summed E-state index contributed by atoms with van der Waals surface area (Å²) in [6.45, 7) is -0.413. The van der Waals surface area contributed by atoms with Gasteiger partial charge in [0.25, 0.3) is 0 Å². The number of nitrogens with one attached hydrogen (secondary N) is 1. The Morgan fingerprint density at radius 2 is 2.18 bits per heavy atom. The van der Waals surface area contributed by atoms with E-state index < -0.39 is 35.5 Å². The second kappa shape index (κ2) is 6.27. The second-order valence-corrected chi connectivity index (χ2v) is 5.57. The molecular weight excluding hydrogens is 321 g/mol. The zero-order valence-corrected chi connectivity index (χ0v) is 11.8. The highest BCUT2D eigenvalue weighted by Gasteiger charge is 2.34. The normalized spacial score (nSPS) is 17.2. The molecule has 5 nitrogen and oxygen atoms in total. The van der Waals surface area contributed by atoms with E-state index in [1.54, 1.807) is 6.07 Å². The van der Waals surface area contributed by atoms with Gasteiger partial charge in [-0.1, -0.05) is 0 Å². The predicted molar refractivity (Wildman–Crippen MR) is 70.9 cm³/mol. The zero-order valence-electron chi connectivity index (χ0n) is 10.9. The Morgan fingerprint density at radius 3 is 2.82 bits per heavy atom. The van der Waals surface area contributed by atoms with Crippen LogP contribution in [0.3, 0.4) is 0 Å². The first kappa shape index (κ1) is 16.2. The number of esters is 1. The lowest BCUT2D eigenvalue weighted by Crippen LogP contribution is -2.31. The van der Waals surface area contributed by atoms with Gasteiger partial charge in [-0.2, -0.15) is 18.4 Å². The van der Waals surface area contributed by atoms with E-state index in [4.69, 9.17) is 5.26 Å². The number of halogens is 3. The molecule has 1 aromatic rings. The smallest absolute Gasteiger partial charge is 0.416 e. The van der Waals surface area contributed by atoms with Crippen molar-refractivity contribution >= 4 is 29.3 Å². The van der Waals surface area contributed by atoms with Gasteiger partial charge in [0.2, 0.25) is 5.91 Å². The number of alkyl halides is 3. The number of thioether (sulfide) groups is 1. The lowest BCUT2D eigenvalue weighted by molar-refractivity contribution is -0.143. The van der Waals surface area contributed by atoms with Crippen LogP contribution in [0.2, 0.25) is 0 Å². The van der Waals surface area contributed by atoms with Crippen molar-refractivity contribution in [2.75, 3.05) is 11.9 Å². The van der Waals surface area contributed by atoms with E-state index in [1.807, 2.05) is 0 Å². The summed E-state index contributed by atoms with van der Waals surface area (Å²) in [5.74, 6) is -1.30. The fraction of sp³-hybridized carbons (Fsp3) is 0.308. The van der Waals surface area contributed by atoms with Gasteiger partial charge >= 0.3 is 12.1 Å². The van der Waals surface area contributed by atoms with Crippen LogP contribution in [0.5, 0.6) is 0 Å². The molecular formula is C13H9F3N2O3S. The Morgan fingerprint density at radius 1 is 1.45 bits per heavy atom. The first-order chi connectivity index (χ1) is 10.3. The number of nitriles is 1. The summed E-state index contributed by atoms with van der Waals surface area (Å²) < 4.78 is 42.4. The Hall–Kier alpha value is -2.21. The van der Waals surface area contributed by atoms with Crippen LogP contribution in [-0.2, 0) is 20.5 Å². The average molecular weight is 330 g/mol. The fourth-order valence-electron chi connectivity index (χ4n) is 1.78. The average Bonchev–Trinajstić information content (AvgIpc) is 2.44. The first-order valence-electron chi connectivity index (χ1n) is 6.02. The fourth-order valence-corrected chi connectivity index (χ4v) is 2.86. The molecule has 1 amide bonds. The van der Waals surface area contributed by atoms with Crippen LogP contribution in [-0.4, -0.2) is 23.7 Å². The minimum absolute atomic E-state index is 0.0615. The van der Waals surface area contributed by atoms with Crippen LogP contribution < -0.4 is 5.32 Å². The maximum atomic E-state index is 12.6. The molecule has 22 heavy (non-hydrogen) atoms. The third-order valence-corrected chi connectivity index (χ3v) is 4.05. The van der Waals surface area contributed by atoms with Gasteiger partial charge in [-0.3, -0.25) is 9.59 Å². The van der Waals surface area contributed by atoms with Crippen molar-refractivity contribution < 1.29 is 27.5 Å². The highest BCUT2D eigenvalue weighted by molar-refractivity contribution is 8.01. The third-order valence-electron chi connectivity index (χ3n) is 2.78. The van der Waals surface area contributed by atoms with Crippen molar-refractivity contribution in [3.05, 3.63) is 23.8 Å². The van der Waals surface area contributed by atoms with Crippen LogP contribution in [0.25, 0.3) is 0 Å². The molecule has 0 bridgehead atoms. The molecule has 1 heterocycles. The van der Waals surface area contributed by atoms with E-state index in [9.17, 15) is 22.8 Å². The molecule has 0 aromatic heterocycles. The number of nitrogens with zero attached hydrogens (tertiary/aromatic N) is 1. The minimum Gasteiger partial charge on any atom is -0.450 e. The molecule has 1 aliphatic heterocycles. The Bertz CT molecular complexity index is 655. The van der Waals surface area contributed by atoms with E-state index >= 15 is 0 Å². The van der Waals surface area contributed by atoms with Crippen LogP contribution in [0.1, 0.15) is 12.0 Å². The molecule has 2 rings (SSSR count). The first-order valence-corrected chi connectivity index (χ1v) is 6.90. The summed E-state index contributed by atoms with van der Waals surface area (Å²) >= 11 is 0.983. The monoisotopic (exact) mass is 330 g/mol. The summed E-state index contributed by atoms with van der Waals surface area (Å²) in [6.07, 6.45) is -4.76. The van der Waals surface area contributed by atoms with Crippen molar-refractivity contribution in [1.29, 1.82) is 5.26 Å². The quantitative estimate of drug-likeness (QED) is 0.862. The highest BCUT2D eigenvalue weighted by Crippen LogP contribution is 2.40. The molecule has 0 saturated heterocycles. The molecule has 0 saturated carbocycles. The number of fused-ring (bicyclic) bond motifs is 1. The Labute approximate surface area is 127 Å². The Balaban J connectivity index is 2.12. The second-order valence-electron chi connectivity index (χ2n) is 4.33. The van der Waals surface area contributed by atoms with E-state index in [0.29, 0.717) is 4.90 Å². The molecule has 0 spiro atoms. The Kier molecular flexibility index (Phi) is 4.61. The van der Waals surface area contributed by atoms with Crippen molar-refractivity contribution in [2.24, 2.45) is 0 Å². The molecule has 1 N–H and O–H groups in total. The zero-order chi connectivity index (χ0) is 16.3. The number of carbonyl (C=O) groups is 2. The van der Waals surface area contributed by atoms with Crippen molar-refractivity contribution in [3.63, 3.8) is 0 Å². The van der Waals surface area contributed by atoms with Gasteiger partial charge in [0, 0.05) is 4.90 Å². The summed E-state index contributed by atoms with van der Waals surface area (Å²) in [7, 11) is 0. The highest BCUT2D eigenvalue weighted by atomic mass is 32.2. The van der Waals surface area contributed by atoms with Gasteiger partial charge in [-0.05, 0) is 18.2 Å². The number of hydrogen-bond donors (Lipinski definition) is 1. The summed E-state index contributed by atoms with van der Waals surface area (Å²) in [4.78, 5) is 23.7. The van der Waals surface area contributed by atoms with Crippen molar-refractivity contribution in [2.45, 2.75) is 22.7 Å². The van der Waals surface area contributed by atoms with E-state index in [2.05, 4.69) is 10.1 Å². The van der Waals surface area contributed by atoms with Crippen LogP contribution in [0.15, 0.2) is 23.1 Å². The number of amides is 1. The summed E-state index contributed by atoms with van der Waals surface area (Å²) in [5.41, 5.74) is -0.800. The number of rotatable bonds is 3. The predicted octanol–water partition coefficient (Wildman–Crippen LogP) is 2.58. The SMILES string of the molecule is N#CCOC(=O)C[C@H]1Sc2ccc(C(F)(F)F)cc2NC1=O. The van der Waals surface area contributed by atoms with E-state index in [-0.39, 0.29) is 12.1 Å². The molecule has 116 valence electrons. The number of hydrogen-bond acceptors (Lipinski definition) is 5. The molecule has 0 radical (unpaired) electrons.